The highest BCUT2D eigenvalue weighted by Crippen LogP contribution is 2.22. The van der Waals surface area contributed by atoms with E-state index in [4.69, 9.17) is 9.73 Å². The van der Waals surface area contributed by atoms with Gasteiger partial charge < -0.3 is 4.74 Å². The Balaban J connectivity index is 1.87. The zero-order chi connectivity index (χ0) is 19.1. The fraction of sp³-hybridized carbons (Fsp3) is 0.0870. The number of nitrogens with zero attached hydrogens (tertiary/aromatic N) is 1. The Hall–Kier alpha value is -2.85. The number of halogens is 1. The molecule has 0 amide bonds. The summed E-state index contributed by atoms with van der Waals surface area (Å²) in [6, 6.07) is 22.3. The highest BCUT2D eigenvalue weighted by atomic mass is 32.2. The monoisotopic (exact) mass is 377 g/mol. The molecule has 0 bridgehead atoms. The molecule has 0 spiro atoms. The van der Waals surface area contributed by atoms with Gasteiger partial charge in [0.2, 0.25) is 0 Å². The minimum Gasteiger partial charge on any atom is -0.497 e. The molecule has 0 saturated carbocycles. The molecule has 0 atom stereocenters. The summed E-state index contributed by atoms with van der Waals surface area (Å²) in [5, 5.41) is 1.96. The molecule has 0 aliphatic carbocycles. The van der Waals surface area contributed by atoms with E-state index >= 15 is 0 Å². The molecular formula is C23H20FNOS. The number of hydrogen-bond donors (Lipinski definition) is 0. The number of aryl methyl sites for hydroxylation is 1. The largest absolute Gasteiger partial charge is 0.497 e. The Kier molecular flexibility index (Phi) is 6.44. The summed E-state index contributed by atoms with van der Waals surface area (Å²) >= 11 is 1.52. The van der Waals surface area contributed by atoms with Crippen LogP contribution >= 0.6 is 11.8 Å². The van der Waals surface area contributed by atoms with Gasteiger partial charge in [0.1, 0.15) is 11.6 Å². The fourth-order valence-corrected chi connectivity index (χ4v) is 3.06. The Morgan fingerprint density at radius 2 is 1.59 bits per heavy atom. The third kappa shape index (κ3) is 5.56. The van der Waals surface area contributed by atoms with Gasteiger partial charge in [-0.1, -0.05) is 29.5 Å². The van der Waals surface area contributed by atoms with Crippen molar-refractivity contribution in [2.75, 3.05) is 7.11 Å². The van der Waals surface area contributed by atoms with Crippen LogP contribution in [0.2, 0.25) is 0 Å². The zero-order valence-corrected chi connectivity index (χ0v) is 16.0. The predicted molar refractivity (Wildman–Crippen MR) is 112 cm³/mol. The lowest BCUT2D eigenvalue weighted by Gasteiger charge is -2.05. The number of rotatable bonds is 6. The van der Waals surface area contributed by atoms with Gasteiger partial charge in [-0.15, -0.1) is 0 Å². The minimum absolute atomic E-state index is 0.233. The van der Waals surface area contributed by atoms with Gasteiger partial charge in [0, 0.05) is 10.5 Å². The van der Waals surface area contributed by atoms with Crippen molar-refractivity contribution in [3.05, 3.63) is 101 Å². The lowest BCUT2D eigenvalue weighted by molar-refractivity contribution is 0.415. The maximum atomic E-state index is 13.0. The number of aliphatic imine (C=N–C) groups is 1. The highest BCUT2D eigenvalue weighted by molar-refractivity contribution is 8.02. The summed E-state index contributed by atoms with van der Waals surface area (Å²) in [5.41, 5.74) is 3.92. The van der Waals surface area contributed by atoms with Gasteiger partial charge in [-0.25, -0.2) is 9.38 Å². The van der Waals surface area contributed by atoms with Crippen molar-refractivity contribution in [3.63, 3.8) is 0 Å². The first-order valence-corrected chi connectivity index (χ1v) is 9.40. The summed E-state index contributed by atoms with van der Waals surface area (Å²) in [4.78, 5) is 5.76. The number of benzene rings is 3. The molecule has 3 aromatic rings. The van der Waals surface area contributed by atoms with Crippen molar-refractivity contribution in [2.45, 2.75) is 11.8 Å². The molecule has 0 aromatic heterocycles. The van der Waals surface area contributed by atoms with E-state index in [0.29, 0.717) is 0 Å². The normalized spacial score (nSPS) is 11.7. The SMILES string of the molecule is COc1ccc(C(/C=C/Sc2ccc(F)cc2)=N\c2ccc(C)cc2)cc1. The quantitative estimate of drug-likeness (QED) is 0.358. The summed E-state index contributed by atoms with van der Waals surface area (Å²) in [7, 11) is 1.65. The van der Waals surface area contributed by atoms with E-state index < -0.39 is 0 Å². The third-order valence-electron chi connectivity index (χ3n) is 3.91. The molecule has 0 aliphatic heterocycles. The van der Waals surface area contributed by atoms with Crippen molar-refractivity contribution >= 4 is 23.2 Å². The molecule has 4 heteroatoms. The number of thioether (sulfide) groups is 1. The Morgan fingerprint density at radius 3 is 2.22 bits per heavy atom. The maximum Gasteiger partial charge on any atom is 0.123 e. The maximum absolute atomic E-state index is 13.0. The topological polar surface area (TPSA) is 21.6 Å². The summed E-state index contributed by atoms with van der Waals surface area (Å²) in [6.45, 7) is 2.05. The van der Waals surface area contributed by atoms with E-state index in [0.717, 1.165) is 27.6 Å². The summed E-state index contributed by atoms with van der Waals surface area (Å²) in [5.74, 6) is 0.571. The Bertz CT molecular complexity index is 930. The molecule has 27 heavy (non-hydrogen) atoms. The molecular weight excluding hydrogens is 357 g/mol. The standard InChI is InChI=1S/C23H20FNOS/c1-17-3-9-20(10-4-17)25-23(18-5-11-21(26-2)12-6-18)15-16-27-22-13-7-19(24)8-14-22/h3-16H,1-2H3/b16-15+,25-23-. The van der Waals surface area contributed by atoms with Crippen molar-refractivity contribution in [1.82, 2.24) is 0 Å². The van der Waals surface area contributed by atoms with Crippen LogP contribution in [0.4, 0.5) is 10.1 Å². The van der Waals surface area contributed by atoms with E-state index in [1.54, 1.807) is 19.2 Å². The molecule has 0 N–H and O–H groups in total. The summed E-state index contributed by atoms with van der Waals surface area (Å²) in [6.07, 6.45) is 1.97. The Morgan fingerprint density at radius 1 is 0.926 bits per heavy atom. The second-order valence-corrected chi connectivity index (χ2v) is 6.91. The third-order valence-corrected chi connectivity index (χ3v) is 4.73. The zero-order valence-electron chi connectivity index (χ0n) is 15.2. The van der Waals surface area contributed by atoms with E-state index in [2.05, 4.69) is 6.92 Å². The first-order chi connectivity index (χ1) is 13.1. The molecule has 3 aromatic carbocycles. The molecule has 0 saturated heterocycles. The van der Waals surface area contributed by atoms with Gasteiger partial charge in [-0.2, -0.15) is 0 Å². The van der Waals surface area contributed by atoms with Crippen LogP contribution in [0.5, 0.6) is 5.75 Å². The van der Waals surface area contributed by atoms with Gasteiger partial charge >= 0.3 is 0 Å². The molecule has 3 rings (SSSR count). The molecule has 2 nitrogen and oxygen atoms in total. The van der Waals surface area contributed by atoms with Gasteiger partial charge in [-0.05, 0) is 79.1 Å². The van der Waals surface area contributed by atoms with Gasteiger partial charge in [0.15, 0.2) is 0 Å². The van der Waals surface area contributed by atoms with Crippen molar-refractivity contribution in [1.29, 1.82) is 0 Å². The molecule has 0 radical (unpaired) electrons. The number of ether oxygens (including phenoxy) is 1. The van der Waals surface area contributed by atoms with E-state index in [1.165, 1.54) is 29.5 Å². The lowest BCUT2D eigenvalue weighted by atomic mass is 10.1. The van der Waals surface area contributed by atoms with Gasteiger partial charge in [0.25, 0.3) is 0 Å². The van der Waals surface area contributed by atoms with Crippen LogP contribution in [-0.4, -0.2) is 12.8 Å². The second-order valence-electron chi connectivity index (χ2n) is 5.94. The van der Waals surface area contributed by atoms with Crippen molar-refractivity contribution in [3.8, 4) is 5.75 Å². The van der Waals surface area contributed by atoms with Gasteiger partial charge in [0.05, 0.1) is 18.5 Å². The van der Waals surface area contributed by atoms with Crippen LogP contribution < -0.4 is 4.74 Å². The molecule has 0 fully saturated rings. The number of allylic oxidation sites excluding steroid dienone is 1. The van der Waals surface area contributed by atoms with E-state index in [-0.39, 0.29) is 5.82 Å². The highest BCUT2D eigenvalue weighted by Gasteiger charge is 2.02. The summed E-state index contributed by atoms with van der Waals surface area (Å²) < 4.78 is 18.3. The predicted octanol–water partition coefficient (Wildman–Crippen LogP) is 6.57. The second kappa shape index (κ2) is 9.19. The molecule has 0 unspecified atom stereocenters. The molecule has 0 aliphatic rings. The van der Waals surface area contributed by atoms with Crippen molar-refractivity contribution < 1.29 is 9.13 Å². The minimum atomic E-state index is -0.233. The van der Waals surface area contributed by atoms with Crippen LogP contribution in [0.1, 0.15) is 11.1 Å². The number of hydrogen-bond acceptors (Lipinski definition) is 3. The number of methoxy groups -OCH3 is 1. The van der Waals surface area contributed by atoms with Crippen LogP contribution in [0, 0.1) is 12.7 Å². The van der Waals surface area contributed by atoms with Crippen molar-refractivity contribution in [2.24, 2.45) is 4.99 Å². The van der Waals surface area contributed by atoms with Crippen LogP contribution in [0.3, 0.4) is 0 Å². The molecule has 0 heterocycles. The average Bonchev–Trinajstić information content (AvgIpc) is 2.70. The van der Waals surface area contributed by atoms with Crippen LogP contribution in [0.25, 0.3) is 0 Å². The van der Waals surface area contributed by atoms with E-state index in [9.17, 15) is 4.39 Å². The first-order valence-electron chi connectivity index (χ1n) is 8.52. The van der Waals surface area contributed by atoms with Crippen LogP contribution in [0.15, 0.2) is 94.2 Å². The van der Waals surface area contributed by atoms with Gasteiger partial charge in [-0.3, -0.25) is 0 Å². The Labute approximate surface area is 163 Å². The smallest absolute Gasteiger partial charge is 0.123 e. The molecule has 136 valence electrons. The lowest BCUT2D eigenvalue weighted by Crippen LogP contribution is -1.96. The fourth-order valence-electron chi connectivity index (χ4n) is 2.41. The first kappa shape index (κ1) is 18.9. The van der Waals surface area contributed by atoms with E-state index in [1.807, 2.05) is 60.0 Å². The average molecular weight is 377 g/mol. The van der Waals surface area contributed by atoms with Crippen LogP contribution in [-0.2, 0) is 0 Å².